The van der Waals surface area contributed by atoms with E-state index in [0.717, 1.165) is 19.1 Å². The fourth-order valence-electron chi connectivity index (χ4n) is 2.08. The van der Waals surface area contributed by atoms with Crippen molar-refractivity contribution < 1.29 is 9.53 Å². The summed E-state index contributed by atoms with van der Waals surface area (Å²) in [5.41, 5.74) is 0.631. The Kier molecular flexibility index (Phi) is 2.63. The van der Waals surface area contributed by atoms with Crippen LogP contribution in [0.4, 0.5) is 0 Å². The zero-order valence-electron chi connectivity index (χ0n) is 8.22. The molecular weight excluding hydrogens is 180 g/mol. The summed E-state index contributed by atoms with van der Waals surface area (Å²) in [5.74, 6) is 0. The quantitative estimate of drug-likeness (QED) is 0.684. The first kappa shape index (κ1) is 9.40. The van der Waals surface area contributed by atoms with Crippen LogP contribution in [0.25, 0.3) is 0 Å². The predicted molar refractivity (Wildman–Crippen MR) is 51.3 cm³/mol. The smallest absolute Gasteiger partial charge is 0.153 e. The summed E-state index contributed by atoms with van der Waals surface area (Å²) < 4.78 is 7.22. The second-order valence-corrected chi connectivity index (χ2v) is 3.64. The molecule has 1 aromatic heterocycles. The van der Waals surface area contributed by atoms with Crippen LogP contribution in [-0.2, 0) is 4.74 Å². The minimum Gasteiger partial charge on any atom is -0.379 e. The lowest BCUT2D eigenvalue weighted by Gasteiger charge is -2.18. The summed E-state index contributed by atoms with van der Waals surface area (Å²) in [5, 5.41) is 4.17. The van der Waals surface area contributed by atoms with E-state index in [1.807, 2.05) is 4.68 Å². The third-order valence-electron chi connectivity index (χ3n) is 2.82. The van der Waals surface area contributed by atoms with Gasteiger partial charge in [-0.25, -0.2) is 0 Å². The highest BCUT2D eigenvalue weighted by Gasteiger charge is 2.28. The van der Waals surface area contributed by atoms with E-state index < -0.39 is 0 Å². The van der Waals surface area contributed by atoms with Gasteiger partial charge in [0.05, 0.1) is 23.9 Å². The van der Waals surface area contributed by atoms with E-state index in [9.17, 15) is 4.79 Å². The summed E-state index contributed by atoms with van der Waals surface area (Å²) in [6.07, 6.45) is 7.78. The fraction of sp³-hybridized carbons (Fsp3) is 0.600. The second kappa shape index (κ2) is 3.92. The molecule has 0 aromatic carbocycles. The van der Waals surface area contributed by atoms with Gasteiger partial charge in [0.25, 0.3) is 0 Å². The van der Waals surface area contributed by atoms with Crippen LogP contribution >= 0.6 is 0 Å². The Labute approximate surface area is 82.9 Å². The molecule has 2 rings (SSSR count). The van der Waals surface area contributed by atoms with E-state index in [0.29, 0.717) is 11.6 Å². The summed E-state index contributed by atoms with van der Waals surface area (Å²) in [4.78, 5) is 10.5. The summed E-state index contributed by atoms with van der Waals surface area (Å²) in [7, 11) is 1.73. The van der Waals surface area contributed by atoms with Crippen LogP contribution in [0.3, 0.4) is 0 Å². The molecule has 2 unspecified atom stereocenters. The number of hydrogen-bond acceptors (Lipinski definition) is 3. The molecule has 0 spiro atoms. The number of aromatic nitrogens is 2. The van der Waals surface area contributed by atoms with Crippen molar-refractivity contribution in [1.29, 1.82) is 0 Å². The Morgan fingerprint density at radius 2 is 2.50 bits per heavy atom. The van der Waals surface area contributed by atoms with E-state index in [4.69, 9.17) is 4.74 Å². The monoisotopic (exact) mass is 194 g/mol. The number of nitrogens with zero attached hydrogens (tertiary/aromatic N) is 2. The van der Waals surface area contributed by atoms with Crippen molar-refractivity contribution >= 4 is 6.29 Å². The first-order chi connectivity index (χ1) is 6.85. The highest BCUT2D eigenvalue weighted by atomic mass is 16.5. The molecule has 1 aromatic rings. The van der Waals surface area contributed by atoms with Crippen molar-refractivity contribution in [3.63, 3.8) is 0 Å². The first-order valence-electron chi connectivity index (χ1n) is 4.87. The predicted octanol–water partition coefficient (Wildman–Crippen LogP) is 1.44. The van der Waals surface area contributed by atoms with E-state index in [1.54, 1.807) is 19.5 Å². The van der Waals surface area contributed by atoms with Crippen LogP contribution < -0.4 is 0 Å². The van der Waals surface area contributed by atoms with Gasteiger partial charge in [0.2, 0.25) is 0 Å². The molecule has 76 valence electrons. The van der Waals surface area contributed by atoms with Crippen molar-refractivity contribution in [1.82, 2.24) is 9.78 Å². The maximum absolute atomic E-state index is 10.5. The zero-order chi connectivity index (χ0) is 9.97. The Morgan fingerprint density at radius 3 is 3.14 bits per heavy atom. The Hall–Kier alpha value is -1.16. The Bertz CT molecular complexity index is 322. The van der Waals surface area contributed by atoms with Gasteiger partial charge in [-0.3, -0.25) is 9.48 Å². The van der Waals surface area contributed by atoms with Crippen LogP contribution in [0.5, 0.6) is 0 Å². The van der Waals surface area contributed by atoms with Gasteiger partial charge in [0.1, 0.15) is 0 Å². The third kappa shape index (κ3) is 1.57. The molecule has 2 atom stereocenters. The normalized spacial score (nSPS) is 26.6. The highest BCUT2D eigenvalue weighted by Crippen LogP contribution is 2.31. The van der Waals surface area contributed by atoms with Gasteiger partial charge in [-0.05, 0) is 19.3 Å². The van der Waals surface area contributed by atoms with Crippen LogP contribution in [0, 0.1) is 0 Å². The maximum atomic E-state index is 10.5. The minimum absolute atomic E-state index is 0.245. The molecular formula is C10H14N2O2. The standard InChI is InChI=1S/C10H14N2O2/c1-14-10-4-2-3-9(10)12-6-8(7-13)5-11-12/h5-7,9-10H,2-4H2,1H3. The number of hydrogen-bond donors (Lipinski definition) is 0. The van der Waals surface area contributed by atoms with Gasteiger partial charge < -0.3 is 4.74 Å². The molecule has 4 heteroatoms. The molecule has 14 heavy (non-hydrogen) atoms. The maximum Gasteiger partial charge on any atom is 0.153 e. The van der Waals surface area contributed by atoms with E-state index >= 15 is 0 Å². The molecule has 0 radical (unpaired) electrons. The Balaban J connectivity index is 2.17. The van der Waals surface area contributed by atoms with Gasteiger partial charge in [0, 0.05) is 13.3 Å². The molecule has 1 saturated carbocycles. The average Bonchev–Trinajstić information content (AvgIpc) is 2.85. The van der Waals surface area contributed by atoms with Crippen molar-refractivity contribution in [3.05, 3.63) is 18.0 Å². The summed E-state index contributed by atoms with van der Waals surface area (Å²) >= 11 is 0. The van der Waals surface area contributed by atoms with Gasteiger partial charge in [0.15, 0.2) is 6.29 Å². The van der Waals surface area contributed by atoms with E-state index in [2.05, 4.69) is 5.10 Å². The van der Waals surface area contributed by atoms with Gasteiger partial charge >= 0.3 is 0 Å². The number of carbonyl (C=O) groups is 1. The molecule has 0 amide bonds. The molecule has 1 aliphatic rings. The fourth-order valence-corrected chi connectivity index (χ4v) is 2.08. The van der Waals surface area contributed by atoms with Crippen molar-refractivity contribution in [2.24, 2.45) is 0 Å². The largest absolute Gasteiger partial charge is 0.379 e. The van der Waals surface area contributed by atoms with Crippen LogP contribution in [0.2, 0.25) is 0 Å². The minimum atomic E-state index is 0.245. The third-order valence-corrected chi connectivity index (χ3v) is 2.82. The average molecular weight is 194 g/mol. The van der Waals surface area contributed by atoms with Crippen molar-refractivity contribution in [2.45, 2.75) is 31.4 Å². The molecule has 0 bridgehead atoms. The molecule has 1 heterocycles. The number of ether oxygens (including phenoxy) is 1. The molecule has 0 N–H and O–H groups in total. The van der Waals surface area contributed by atoms with Gasteiger partial charge in [-0.1, -0.05) is 0 Å². The second-order valence-electron chi connectivity index (χ2n) is 3.64. The molecule has 1 aliphatic carbocycles. The van der Waals surface area contributed by atoms with E-state index in [-0.39, 0.29) is 6.10 Å². The molecule has 0 aliphatic heterocycles. The van der Waals surface area contributed by atoms with Crippen LogP contribution in [-0.4, -0.2) is 29.3 Å². The van der Waals surface area contributed by atoms with E-state index in [1.165, 1.54) is 6.42 Å². The highest BCUT2D eigenvalue weighted by molar-refractivity contribution is 5.73. The number of carbonyl (C=O) groups excluding carboxylic acids is 1. The van der Waals surface area contributed by atoms with Crippen LogP contribution in [0.1, 0.15) is 35.7 Å². The number of methoxy groups -OCH3 is 1. The zero-order valence-corrected chi connectivity index (χ0v) is 8.22. The van der Waals surface area contributed by atoms with Gasteiger partial charge in [-0.2, -0.15) is 5.10 Å². The van der Waals surface area contributed by atoms with Crippen molar-refractivity contribution in [2.75, 3.05) is 7.11 Å². The van der Waals surface area contributed by atoms with Gasteiger partial charge in [-0.15, -0.1) is 0 Å². The van der Waals surface area contributed by atoms with Crippen LogP contribution in [0.15, 0.2) is 12.4 Å². The SMILES string of the molecule is COC1CCCC1n1cc(C=O)cn1. The molecule has 4 nitrogen and oxygen atoms in total. The lowest BCUT2D eigenvalue weighted by Crippen LogP contribution is -2.20. The molecule has 0 saturated heterocycles. The molecule has 1 fully saturated rings. The summed E-state index contributed by atoms with van der Waals surface area (Å²) in [6.45, 7) is 0. The number of rotatable bonds is 3. The first-order valence-corrected chi connectivity index (χ1v) is 4.87. The number of aldehydes is 1. The summed E-state index contributed by atoms with van der Waals surface area (Å²) in [6, 6.07) is 0.300. The van der Waals surface area contributed by atoms with Crippen molar-refractivity contribution in [3.8, 4) is 0 Å². The topological polar surface area (TPSA) is 44.1 Å². The lowest BCUT2D eigenvalue weighted by molar-refractivity contribution is 0.0708. The Morgan fingerprint density at radius 1 is 1.64 bits per heavy atom. The lowest BCUT2D eigenvalue weighted by atomic mass is 10.2.